The first-order valence-corrected chi connectivity index (χ1v) is 10.8. The highest BCUT2D eigenvalue weighted by Gasteiger charge is 2.50. The normalized spacial score (nSPS) is 17.3. The molecule has 172 valence electrons. The molecule has 33 heavy (non-hydrogen) atoms. The number of ether oxygens (including phenoxy) is 2. The van der Waals surface area contributed by atoms with Crippen molar-refractivity contribution in [1.82, 2.24) is 0 Å². The smallest absolute Gasteiger partial charge is 0.200 e. The Bertz CT molecular complexity index is 1420. The summed E-state index contributed by atoms with van der Waals surface area (Å²) in [5, 5.41) is 32.9. The zero-order valence-electron chi connectivity index (χ0n) is 19.2. The first-order chi connectivity index (χ1) is 15.5. The molecule has 0 amide bonds. The summed E-state index contributed by atoms with van der Waals surface area (Å²) in [6.45, 7) is 7.65. The van der Waals surface area contributed by atoms with Crippen LogP contribution in [0.5, 0.6) is 28.7 Å². The van der Waals surface area contributed by atoms with Crippen LogP contribution in [0.15, 0.2) is 33.0 Å². The fraction of sp³-hybridized carbons (Fsp3) is 0.346. The summed E-state index contributed by atoms with van der Waals surface area (Å²) in [6, 6.07) is 2.90. The molecule has 1 aliphatic heterocycles. The number of aromatic hydroxyl groups is 3. The third-order valence-electron chi connectivity index (χ3n) is 6.72. The van der Waals surface area contributed by atoms with Crippen LogP contribution in [0.1, 0.15) is 50.3 Å². The van der Waals surface area contributed by atoms with E-state index in [0.29, 0.717) is 33.8 Å². The Morgan fingerprint density at radius 1 is 1.21 bits per heavy atom. The van der Waals surface area contributed by atoms with Gasteiger partial charge in [0.05, 0.1) is 12.7 Å². The van der Waals surface area contributed by atoms with E-state index in [4.69, 9.17) is 13.9 Å². The predicted molar refractivity (Wildman–Crippen MR) is 124 cm³/mol. The molecular formula is C26H26O7. The number of phenolic OH excluding ortho intramolecular Hbond substituents is 3. The highest BCUT2D eigenvalue weighted by molar-refractivity contribution is 5.91. The Morgan fingerprint density at radius 2 is 1.94 bits per heavy atom. The monoisotopic (exact) mass is 450 g/mol. The Labute approximate surface area is 190 Å². The maximum absolute atomic E-state index is 13.5. The van der Waals surface area contributed by atoms with Crippen LogP contribution in [-0.2, 0) is 12.8 Å². The van der Waals surface area contributed by atoms with Crippen molar-refractivity contribution in [2.75, 3.05) is 7.11 Å². The first-order valence-electron chi connectivity index (χ1n) is 10.8. The van der Waals surface area contributed by atoms with Crippen LogP contribution in [0, 0.1) is 0 Å². The van der Waals surface area contributed by atoms with Crippen LogP contribution in [0.2, 0.25) is 0 Å². The number of rotatable bonds is 3. The second kappa shape index (κ2) is 6.94. The summed E-state index contributed by atoms with van der Waals surface area (Å²) in [7, 11) is 1.45. The highest BCUT2D eigenvalue weighted by Crippen LogP contribution is 2.61. The number of methoxy groups -OCH3 is 1. The van der Waals surface area contributed by atoms with Crippen LogP contribution >= 0.6 is 0 Å². The average molecular weight is 450 g/mol. The molecule has 3 N–H and O–H groups in total. The molecule has 7 heteroatoms. The topological polar surface area (TPSA) is 109 Å². The van der Waals surface area contributed by atoms with E-state index in [9.17, 15) is 20.1 Å². The molecule has 1 unspecified atom stereocenters. The van der Waals surface area contributed by atoms with Crippen LogP contribution < -0.4 is 14.9 Å². The van der Waals surface area contributed by atoms with Crippen molar-refractivity contribution >= 4 is 11.0 Å². The maximum Gasteiger partial charge on any atom is 0.200 e. The lowest BCUT2D eigenvalue weighted by Crippen LogP contribution is -2.34. The molecule has 1 aliphatic carbocycles. The van der Waals surface area contributed by atoms with Gasteiger partial charge in [-0.3, -0.25) is 4.79 Å². The third-order valence-corrected chi connectivity index (χ3v) is 6.72. The quantitative estimate of drug-likeness (QED) is 0.487. The zero-order valence-corrected chi connectivity index (χ0v) is 19.2. The minimum Gasteiger partial charge on any atom is -0.507 e. The third kappa shape index (κ3) is 2.91. The lowest BCUT2D eigenvalue weighted by Gasteiger charge is -2.30. The van der Waals surface area contributed by atoms with E-state index in [2.05, 4.69) is 0 Å². The SMILES string of the molecule is COc1cc(O)c2c(=O)c3c(oc2c1)-c1c(O)c(CC=C(C)C)c(O)c2c1C(C3)C(C)(C)O2. The fourth-order valence-electron chi connectivity index (χ4n) is 4.98. The van der Waals surface area contributed by atoms with Gasteiger partial charge in [0.1, 0.15) is 39.6 Å². The van der Waals surface area contributed by atoms with E-state index in [1.807, 2.05) is 33.8 Å². The van der Waals surface area contributed by atoms with E-state index in [0.717, 1.165) is 5.57 Å². The number of fused-ring (bicyclic) bond motifs is 3. The molecule has 0 saturated carbocycles. The van der Waals surface area contributed by atoms with Gasteiger partial charge in [0.2, 0.25) is 0 Å². The van der Waals surface area contributed by atoms with Crippen molar-refractivity contribution in [2.45, 2.75) is 52.1 Å². The van der Waals surface area contributed by atoms with Crippen molar-refractivity contribution in [3.63, 3.8) is 0 Å². The van der Waals surface area contributed by atoms with E-state index in [1.54, 1.807) is 0 Å². The Hall–Kier alpha value is -3.61. The largest absolute Gasteiger partial charge is 0.507 e. The molecule has 0 saturated heterocycles. The Morgan fingerprint density at radius 3 is 2.61 bits per heavy atom. The van der Waals surface area contributed by atoms with Gasteiger partial charge in [0, 0.05) is 34.7 Å². The molecule has 0 spiro atoms. The molecule has 3 aromatic rings. The van der Waals surface area contributed by atoms with E-state index in [-0.39, 0.29) is 58.2 Å². The molecule has 2 aromatic carbocycles. The Balaban J connectivity index is 1.90. The van der Waals surface area contributed by atoms with Gasteiger partial charge in [-0.05, 0) is 40.5 Å². The number of benzene rings is 2. The number of hydrogen-bond donors (Lipinski definition) is 3. The lowest BCUT2D eigenvalue weighted by molar-refractivity contribution is 0.106. The first kappa shape index (κ1) is 21.2. The summed E-state index contributed by atoms with van der Waals surface area (Å²) in [5.41, 5.74) is 1.76. The van der Waals surface area contributed by atoms with Crippen LogP contribution in [0.25, 0.3) is 22.3 Å². The van der Waals surface area contributed by atoms with Gasteiger partial charge < -0.3 is 29.2 Å². The molecule has 5 rings (SSSR count). The summed E-state index contributed by atoms with van der Waals surface area (Å²) in [5.74, 6) is 0.141. The maximum atomic E-state index is 13.5. The summed E-state index contributed by atoms with van der Waals surface area (Å²) < 4.78 is 17.6. The summed E-state index contributed by atoms with van der Waals surface area (Å²) >= 11 is 0. The highest BCUT2D eigenvalue weighted by atomic mass is 16.5. The molecule has 0 fully saturated rings. The molecule has 1 aromatic heterocycles. The van der Waals surface area contributed by atoms with Crippen molar-refractivity contribution in [2.24, 2.45) is 0 Å². The second-order valence-electron chi connectivity index (χ2n) is 9.50. The molecule has 0 bridgehead atoms. The average Bonchev–Trinajstić information content (AvgIpc) is 3.01. The molecule has 1 atom stereocenters. The van der Waals surface area contributed by atoms with Crippen molar-refractivity contribution in [1.29, 1.82) is 0 Å². The molecule has 0 radical (unpaired) electrons. The van der Waals surface area contributed by atoms with Gasteiger partial charge in [-0.2, -0.15) is 0 Å². The summed E-state index contributed by atoms with van der Waals surface area (Å²) in [4.78, 5) is 13.5. The van der Waals surface area contributed by atoms with Gasteiger partial charge in [-0.25, -0.2) is 0 Å². The number of hydrogen-bond acceptors (Lipinski definition) is 7. The molecular weight excluding hydrogens is 424 g/mol. The van der Waals surface area contributed by atoms with Crippen molar-refractivity contribution < 1.29 is 29.2 Å². The number of phenols is 3. The molecule has 2 aliphatic rings. The summed E-state index contributed by atoms with van der Waals surface area (Å²) in [6.07, 6.45) is 2.48. The van der Waals surface area contributed by atoms with E-state index >= 15 is 0 Å². The zero-order chi connectivity index (χ0) is 23.8. The van der Waals surface area contributed by atoms with Crippen molar-refractivity contribution in [3.05, 3.63) is 50.7 Å². The minimum absolute atomic E-state index is 0.0676. The van der Waals surface area contributed by atoms with Crippen LogP contribution in [0.3, 0.4) is 0 Å². The van der Waals surface area contributed by atoms with Gasteiger partial charge in [0.25, 0.3) is 0 Å². The van der Waals surface area contributed by atoms with Gasteiger partial charge in [-0.15, -0.1) is 0 Å². The Kier molecular flexibility index (Phi) is 4.47. The molecule has 2 heterocycles. The van der Waals surface area contributed by atoms with E-state index < -0.39 is 5.60 Å². The van der Waals surface area contributed by atoms with Gasteiger partial charge in [-0.1, -0.05) is 11.6 Å². The fourth-order valence-corrected chi connectivity index (χ4v) is 4.98. The standard InChI is InChI=1S/C26H26O7/c1-11(2)6-7-13-21(28)20-18-15(26(3,4)33-25(18)23(13)30)10-14-22(29)19-16(27)8-12(31-5)9-17(19)32-24(14)20/h6,8-9,15,27-28,30H,7,10H2,1-5H3. The second-order valence-corrected chi connectivity index (χ2v) is 9.50. The van der Waals surface area contributed by atoms with Crippen LogP contribution in [-0.4, -0.2) is 28.0 Å². The lowest BCUT2D eigenvalue weighted by atomic mass is 9.74. The van der Waals surface area contributed by atoms with E-state index in [1.165, 1.54) is 19.2 Å². The van der Waals surface area contributed by atoms with Gasteiger partial charge >= 0.3 is 0 Å². The van der Waals surface area contributed by atoms with Crippen molar-refractivity contribution in [3.8, 4) is 40.1 Å². The predicted octanol–water partition coefficient (Wildman–Crippen LogP) is 4.90. The minimum atomic E-state index is -0.725. The van der Waals surface area contributed by atoms with Gasteiger partial charge in [0.15, 0.2) is 16.9 Å². The number of allylic oxidation sites excluding steroid dienone is 2. The van der Waals surface area contributed by atoms with Crippen LogP contribution in [0.4, 0.5) is 0 Å². The molecule has 7 nitrogen and oxygen atoms in total.